The van der Waals surface area contributed by atoms with Crippen molar-refractivity contribution in [3.8, 4) is 0 Å². The SMILES string of the molecule is CC1CN(CC(O)COC2C3(C)CCC(C3)C2(C)C)CC(C)O1. The van der Waals surface area contributed by atoms with E-state index in [-0.39, 0.29) is 23.7 Å². The zero-order valence-corrected chi connectivity index (χ0v) is 15.5. The highest BCUT2D eigenvalue weighted by molar-refractivity contribution is 5.09. The van der Waals surface area contributed by atoms with E-state index in [0.29, 0.717) is 18.6 Å². The Labute approximate surface area is 141 Å². The third kappa shape index (κ3) is 3.46. The lowest BCUT2D eigenvalue weighted by atomic mass is 9.70. The van der Waals surface area contributed by atoms with E-state index in [2.05, 4.69) is 39.5 Å². The first-order chi connectivity index (χ1) is 10.7. The first-order valence-electron chi connectivity index (χ1n) is 9.38. The summed E-state index contributed by atoms with van der Waals surface area (Å²) < 4.78 is 12.1. The minimum atomic E-state index is -0.411. The van der Waals surface area contributed by atoms with Crippen LogP contribution in [0.25, 0.3) is 0 Å². The Morgan fingerprint density at radius 2 is 1.87 bits per heavy atom. The second-order valence-corrected chi connectivity index (χ2v) is 9.26. The van der Waals surface area contributed by atoms with E-state index in [4.69, 9.17) is 9.47 Å². The molecule has 6 atom stereocenters. The van der Waals surface area contributed by atoms with Crippen molar-refractivity contribution < 1.29 is 14.6 Å². The fourth-order valence-corrected chi connectivity index (χ4v) is 5.66. The second kappa shape index (κ2) is 6.29. The first kappa shape index (κ1) is 17.7. The monoisotopic (exact) mass is 325 g/mol. The normalized spacial score (nSPS) is 44.6. The molecule has 4 nitrogen and oxygen atoms in total. The molecule has 1 saturated heterocycles. The molecule has 3 fully saturated rings. The van der Waals surface area contributed by atoms with Crippen LogP contribution in [0, 0.1) is 16.7 Å². The Kier molecular flexibility index (Phi) is 4.83. The molecule has 3 aliphatic rings. The van der Waals surface area contributed by atoms with Crippen LogP contribution in [0.2, 0.25) is 0 Å². The number of fused-ring (bicyclic) bond motifs is 2. The van der Waals surface area contributed by atoms with Gasteiger partial charge in [-0.05, 0) is 49.9 Å². The molecule has 1 N–H and O–H groups in total. The van der Waals surface area contributed by atoms with Gasteiger partial charge >= 0.3 is 0 Å². The van der Waals surface area contributed by atoms with Crippen LogP contribution in [-0.4, -0.2) is 60.7 Å². The minimum Gasteiger partial charge on any atom is -0.389 e. The van der Waals surface area contributed by atoms with E-state index < -0.39 is 6.10 Å². The number of β-amino-alcohol motifs (C(OH)–C–C–N with tert-alkyl or cyclic N) is 1. The van der Waals surface area contributed by atoms with E-state index in [1.165, 1.54) is 19.3 Å². The Morgan fingerprint density at radius 1 is 1.22 bits per heavy atom. The fourth-order valence-electron chi connectivity index (χ4n) is 5.66. The number of nitrogens with zero attached hydrogens (tertiary/aromatic N) is 1. The fraction of sp³-hybridized carbons (Fsp3) is 1.00. The van der Waals surface area contributed by atoms with Gasteiger partial charge in [-0.15, -0.1) is 0 Å². The standard InChI is InChI=1S/C19H35NO3/c1-13-9-20(10-14(2)23-13)11-16(21)12-22-17-18(3,4)15-6-7-19(17,5)8-15/h13-17,21H,6-12H2,1-5H3. The average Bonchev–Trinajstić information content (AvgIpc) is 2.88. The minimum absolute atomic E-state index is 0.245. The summed E-state index contributed by atoms with van der Waals surface area (Å²) in [7, 11) is 0. The molecule has 6 unspecified atom stereocenters. The van der Waals surface area contributed by atoms with Crippen LogP contribution >= 0.6 is 0 Å². The summed E-state index contributed by atoms with van der Waals surface area (Å²) in [6.07, 6.45) is 4.28. The summed E-state index contributed by atoms with van der Waals surface area (Å²) in [5.74, 6) is 0.788. The predicted octanol–water partition coefficient (Wildman–Crippen LogP) is 2.69. The van der Waals surface area contributed by atoms with Gasteiger partial charge in [-0.25, -0.2) is 0 Å². The molecule has 1 aliphatic heterocycles. The zero-order chi connectivity index (χ0) is 16.8. The lowest BCUT2D eigenvalue weighted by Gasteiger charge is -2.43. The van der Waals surface area contributed by atoms with Crippen molar-refractivity contribution in [2.75, 3.05) is 26.2 Å². The zero-order valence-electron chi connectivity index (χ0n) is 15.5. The smallest absolute Gasteiger partial charge is 0.0900 e. The van der Waals surface area contributed by atoms with E-state index >= 15 is 0 Å². The molecular formula is C19H35NO3. The van der Waals surface area contributed by atoms with Crippen LogP contribution < -0.4 is 0 Å². The van der Waals surface area contributed by atoms with E-state index in [0.717, 1.165) is 19.0 Å². The van der Waals surface area contributed by atoms with Crippen LogP contribution in [0.4, 0.5) is 0 Å². The van der Waals surface area contributed by atoms with Gasteiger partial charge in [0.1, 0.15) is 0 Å². The van der Waals surface area contributed by atoms with Crippen LogP contribution in [-0.2, 0) is 9.47 Å². The molecule has 0 aromatic rings. The summed E-state index contributed by atoms with van der Waals surface area (Å²) in [4.78, 5) is 2.31. The van der Waals surface area contributed by atoms with Crippen molar-refractivity contribution in [1.29, 1.82) is 0 Å². The third-order valence-corrected chi connectivity index (χ3v) is 6.56. The van der Waals surface area contributed by atoms with Crippen LogP contribution in [0.1, 0.15) is 53.9 Å². The highest BCUT2D eigenvalue weighted by Gasteiger charge is 2.60. The van der Waals surface area contributed by atoms with Gasteiger partial charge in [0.05, 0.1) is 31.0 Å². The molecule has 2 aliphatic carbocycles. The maximum Gasteiger partial charge on any atom is 0.0900 e. The van der Waals surface area contributed by atoms with Crippen LogP contribution in [0.15, 0.2) is 0 Å². The Hall–Kier alpha value is -0.160. The highest BCUT2D eigenvalue weighted by Crippen LogP contribution is 2.63. The number of morpholine rings is 1. The summed E-state index contributed by atoms with van der Waals surface area (Å²) in [6.45, 7) is 14.2. The number of ether oxygens (including phenoxy) is 2. The van der Waals surface area contributed by atoms with Crippen molar-refractivity contribution in [3.63, 3.8) is 0 Å². The van der Waals surface area contributed by atoms with E-state index in [9.17, 15) is 5.11 Å². The molecule has 2 saturated carbocycles. The predicted molar refractivity (Wildman–Crippen MR) is 91.4 cm³/mol. The summed E-state index contributed by atoms with van der Waals surface area (Å²) in [5, 5.41) is 10.5. The highest BCUT2D eigenvalue weighted by atomic mass is 16.5. The van der Waals surface area contributed by atoms with Crippen molar-refractivity contribution >= 4 is 0 Å². The molecule has 0 aromatic heterocycles. The average molecular weight is 325 g/mol. The lowest BCUT2D eigenvalue weighted by Crippen LogP contribution is -2.49. The molecule has 0 amide bonds. The topological polar surface area (TPSA) is 41.9 Å². The Bertz CT molecular complexity index is 412. The van der Waals surface area contributed by atoms with Crippen molar-refractivity contribution in [1.82, 2.24) is 4.90 Å². The van der Waals surface area contributed by atoms with Gasteiger partial charge in [-0.2, -0.15) is 0 Å². The van der Waals surface area contributed by atoms with Crippen molar-refractivity contribution in [3.05, 3.63) is 0 Å². The van der Waals surface area contributed by atoms with E-state index in [1.54, 1.807) is 0 Å². The number of hydrogen-bond donors (Lipinski definition) is 1. The van der Waals surface area contributed by atoms with Gasteiger partial charge in [-0.3, -0.25) is 4.90 Å². The summed E-state index contributed by atoms with van der Waals surface area (Å²) in [6, 6.07) is 0. The second-order valence-electron chi connectivity index (χ2n) is 9.26. The third-order valence-electron chi connectivity index (χ3n) is 6.56. The van der Waals surface area contributed by atoms with Crippen molar-refractivity contribution in [2.24, 2.45) is 16.7 Å². The molecular weight excluding hydrogens is 290 g/mol. The van der Waals surface area contributed by atoms with Crippen LogP contribution in [0.5, 0.6) is 0 Å². The van der Waals surface area contributed by atoms with E-state index in [1.807, 2.05) is 0 Å². The summed E-state index contributed by atoms with van der Waals surface area (Å²) >= 11 is 0. The molecule has 1 heterocycles. The number of aliphatic hydroxyl groups excluding tert-OH is 1. The lowest BCUT2D eigenvalue weighted by molar-refractivity contribution is -0.121. The molecule has 3 rings (SSSR count). The van der Waals surface area contributed by atoms with Crippen molar-refractivity contribution in [2.45, 2.75) is 78.3 Å². The number of rotatable bonds is 5. The largest absolute Gasteiger partial charge is 0.389 e. The molecule has 2 bridgehead atoms. The van der Waals surface area contributed by atoms with Gasteiger partial charge in [0.25, 0.3) is 0 Å². The Balaban J connectivity index is 1.50. The molecule has 23 heavy (non-hydrogen) atoms. The van der Waals surface area contributed by atoms with Gasteiger partial charge < -0.3 is 14.6 Å². The molecule has 4 heteroatoms. The van der Waals surface area contributed by atoms with Gasteiger partial charge in [0.2, 0.25) is 0 Å². The molecule has 0 aromatic carbocycles. The van der Waals surface area contributed by atoms with Crippen LogP contribution in [0.3, 0.4) is 0 Å². The first-order valence-corrected chi connectivity index (χ1v) is 9.38. The quantitative estimate of drug-likeness (QED) is 0.844. The molecule has 134 valence electrons. The maximum absolute atomic E-state index is 10.5. The Morgan fingerprint density at radius 3 is 2.43 bits per heavy atom. The number of aliphatic hydroxyl groups is 1. The van der Waals surface area contributed by atoms with Gasteiger partial charge in [-0.1, -0.05) is 20.8 Å². The summed E-state index contributed by atoms with van der Waals surface area (Å²) in [5.41, 5.74) is 0.560. The van der Waals surface area contributed by atoms with Gasteiger partial charge in [0.15, 0.2) is 0 Å². The molecule has 0 spiro atoms. The van der Waals surface area contributed by atoms with Gasteiger partial charge in [0, 0.05) is 19.6 Å². The maximum atomic E-state index is 10.5. The molecule has 0 radical (unpaired) electrons. The number of hydrogen-bond acceptors (Lipinski definition) is 4.